The monoisotopic (exact) mass is 137 g/mol. The maximum Gasteiger partial charge on any atom is 0.126 e. The van der Waals surface area contributed by atoms with Gasteiger partial charge in [-0.3, -0.25) is 0 Å². The molecule has 0 aromatic heterocycles. The van der Waals surface area contributed by atoms with Gasteiger partial charge in [0.2, 0.25) is 0 Å². The van der Waals surface area contributed by atoms with Crippen molar-refractivity contribution in [2.45, 2.75) is 6.04 Å². The van der Waals surface area contributed by atoms with Gasteiger partial charge in [0, 0.05) is 10.2 Å². The highest BCUT2D eigenvalue weighted by molar-refractivity contribution is 6.08. The summed E-state index contributed by atoms with van der Waals surface area (Å²) in [6, 6.07) is 7.28. The Morgan fingerprint density at radius 1 is 1.33 bits per heavy atom. The minimum atomic E-state index is -0.146. The molecule has 0 aliphatic rings. The first-order valence-electron chi connectivity index (χ1n) is 2.72. The van der Waals surface area contributed by atoms with Gasteiger partial charge in [-0.2, -0.15) is 0 Å². The number of rotatable bonds is 1. The first-order chi connectivity index (χ1) is 4.34. The number of hydrogen-bond acceptors (Lipinski definition) is 0. The van der Waals surface area contributed by atoms with Crippen molar-refractivity contribution in [1.82, 2.24) is 0 Å². The van der Waals surface area contributed by atoms with E-state index in [4.69, 9.17) is 0 Å². The molecule has 0 saturated heterocycles. The Kier molecular flexibility index (Phi) is 2.00. The van der Waals surface area contributed by atoms with Crippen molar-refractivity contribution in [1.29, 1.82) is 0 Å². The van der Waals surface area contributed by atoms with Crippen LogP contribution in [0.2, 0.25) is 0 Å². The molecule has 1 aromatic carbocycles. The van der Waals surface area contributed by atoms with Crippen molar-refractivity contribution in [3.8, 4) is 0 Å². The van der Waals surface area contributed by atoms with Crippen LogP contribution >= 0.6 is 0 Å². The van der Waals surface area contributed by atoms with Crippen LogP contribution in [-0.2, 0) is 6.04 Å². The van der Waals surface area contributed by atoms with Gasteiger partial charge in [0.1, 0.15) is 5.82 Å². The second kappa shape index (κ2) is 2.78. The van der Waals surface area contributed by atoms with E-state index in [1.54, 1.807) is 12.1 Å². The molecule has 9 heavy (non-hydrogen) atoms. The quantitative estimate of drug-likeness (QED) is 0.514. The van der Waals surface area contributed by atoms with Crippen LogP contribution in [0, 0.1) is 5.82 Å². The van der Waals surface area contributed by atoms with Gasteiger partial charge in [0.25, 0.3) is 0 Å². The largest absolute Gasteiger partial charge is 0.207 e. The normalized spacial score (nSPS) is 9.56. The molecule has 0 atom stereocenters. The molecule has 0 heterocycles. The standard InChI is InChI=1S/C7H6FSi/c8-7-4-2-1-3-6(7)5-9/h1-4H,5H2. The Balaban J connectivity index is 3.01. The lowest BCUT2D eigenvalue weighted by Crippen LogP contribution is -1.87. The van der Waals surface area contributed by atoms with Crippen molar-refractivity contribution in [2.75, 3.05) is 0 Å². The lowest BCUT2D eigenvalue weighted by molar-refractivity contribution is 0.617. The van der Waals surface area contributed by atoms with Gasteiger partial charge in [-0.1, -0.05) is 18.2 Å². The fraction of sp³-hybridized carbons (Fsp3) is 0.143. The van der Waals surface area contributed by atoms with Gasteiger partial charge in [0.05, 0.1) is 0 Å². The molecule has 2 heteroatoms. The zero-order valence-corrected chi connectivity index (χ0v) is 5.89. The molecule has 0 amide bonds. The second-order valence-corrected chi connectivity index (χ2v) is 2.12. The topological polar surface area (TPSA) is 0 Å². The molecule has 3 radical (unpaired) electrons. The summed E-state index contributed by atoms with van der Waals surface area (Å²) < 4.78 is 12.6. The van der Waals surface area contributed by atoms with Crippen molar-refractivity contribution in [2.24, 2.45) is 0 Å². The Bertz CT molecular complexity index is 198. The van der Waals surface area contributed by atoms with E-state index in [9.17, 15) is 4.39 Å². The second-order valence-electron chi connectivity index (χ2n) is 1.77. The Morgan fingerprint density at radius 2 is 2.00 bits per heavy atom. The molecule has 0 N–H and O–H groups in total. The summed E-state index contributed by atoms with van der Waals surface area (Å²) >= 11 is 0. The SMILES string of the molecule is Fc1ccccc1C[Si]. The van der Waals surface area contributed by atoms with E-state index in [0.29, 0.717) is 11.6 Å². The molecule has 0 saturated carbocycles. The van der Waals surface area contributed by atoms with Crippen LogP contribution in [0.4, 0.5) is 4.39 Å². The summed E-state index contributed by atoms with van der Waals surface area (Å²) in [7, 11) is 3.21. The molecule has 0 aliphatic heterocycles. The molecular formula is C7H6FSi. The zero-order valence-electron chi connectivity index (χ0n) is 4.89. The summed E-state index contributed by atoms with van der Waals surface area (Å²) in [4.78, 5) is 0. The highest BCUT2D eigenvalue weighted by Gasteiger charge is 1.93. The van der Waals surface area contributed by atoms with Crippen molar-refractivity contribution in [3.05, 3.63) is 35.6 Å². The Hall–Kier alpha value is -0.633. The molecule has 0 unspecified atom stereocenters. The van der Waals surface area contributed by atoms with E-state index in [2.05, 4.69) is 10.2 Å². The van der Waals surface area contributed by atoms with Gasteiger partial charge < -0.3 is 0 Å². The van der Waals surface area contributed by atoms with E-state index >= 15 is 0 Å². The third-order valence-corrected chi connectivity index (χ3v) is 1.53. The van der Waals surface area contributed by atoms with Gasteiger partial charge in [-0.15, -0.1) is 0 Å². The molecule has 0 nitrogen and oxygen atoms in total. The van der Waals surface area contributed by atoms with Crippen molar-refractivity contribution >= 4 is 10.2 Å². The van der Waals surface area contributed by atoms with Gasteiger partial charge >= 0.3 is 0 Å². The molecule has 1 aromatic rings. The van der Waals surface area contributed by atoms with E-state index in [1.165, 1.54) is 6.07 Å². The lowest BCUT2D eigenvalue weighted by atomic mass is 10.2. The summed E-state index contributed by atoms with van der Waals surface area (Å²) in [5, 5.41) is 0. The van der Waals surface area contributed by atoms with Crippen LogP contribution in [0.1, 0.15) is 5.56 Å². The molecular weight excluding hydrogens is 131 g/mol. The predicted octanol–water partition coefficient (Wildman–Crippen LogP) is 1.49. The number of hydrogen-bond donors (Lipinski definition) is 0. The number of halogens is 1. The lowest BCUT2D eigenvalue weighted by Gasteiger charge is -1.94. The van der Waals surface area contributed by atoms with E-state index in [-0.39, 0.29) is 5.82 Å². The van der Waals surface area contributed by atoms with Gasteiger partial charge in [0.15, 0.2) is 0 Å². The van der Waals surface area contributed by atoms with Gasteiger partial charge in [-0.25, -0.2) is 4.39 Å². The fourth-order valence-electron chi connectivity index (χ4n) is 0.642. The van der Waals surface area contributed by atoms with Crippen LogP contribution in [0.15, 0.2) is 24.3 Å². The minimum Gasteiger partial charge on any atom is -0.207 e. The van der Waals surface area contributed by atoms with E-state index in [0.717, 1.165) is 0 Å². The third-order valence-electron chi connectivity index (χ3n) is 1.15. The van der Waals surface area contributed by atoms with E-state index < -0.39 is 0 Å². The molecule has 0 spiro atoms. The van der Waals surface area contributed by atoms with E-state index in [1.807, 2.05) is 6.07 Å². The highest BCUT2D eigenvalue weighted by Crippen LogP contribution is 2.04. The molecule has 0 fully saturated rings. The van der Waals surface area contributed by atoms with Crippen LogP contribution in [0.5, 0.6) is 0 Å². The molecule has 45 valence electrons. The van der Waals surface area contributed by atoms with Crippen LogP contribution in [-0.4, -0.2) is 10.2 Å². The maximum absolute atomic E-state index is 12.6. The molecule has 1 rings (SSSR count). The molecule has 0 aliphatic carbocycles. The minimum absolute atomic E-state index is 0.146. The molecule has 0 bridgehead atoms. The first kappa shape index (κ1) is 6.49. The van der Waals surface area contributed by atoms with Crippen molar-refractivity contribution < 1.29 is 4.39 Å². The number of benzene rings is 1. The zero-order chi connectivity index (χ0) is 6.69. The highest BCUT2D eigenvalue weighted by atomic mass is 28.1. The average Bonchev–Trinajstić information content (AvgIpc) is 1.89. The van der Waals surface area contributed by atoms with Crippen LogP contribution < -0.4 is 0 Å². The Labute approximate surface area is 57.1 Å². The summed E-state index contributed by atoms with van der Waals surface area (Å²) in [6.45, 7) is 0. The summed E-state index contributed by atoms with van der Waals surface area (Å²) in [5.41, 5.74) is 0.703. The van der Waals surface area contributed by atoms with Gasteiger partial charge in [-0.05, 0) is 17.7 Å². The summed E-state index contributed by atoms with van der Waals surface area (Å²) in [5.74, 6) is -0.146. The fourth-order valence-corrected chi connectivity index (χ4v) is 0.928. The van der Waals surface area contributed by atoms with Crippen molar-refractivity contribution in [3.63, 3.8) is 0 Å². The smallest absolute Gasteiger partial charge is 0.126 e. The average molecular weight is 137 g/mol. The Morgan fingerprint density at radius 3 is 2.44 bits per heavy atom. The summed E-state index contributed by atoms with van der Waals surface area (Å²) in [6.07, 6.45) is 0. The first-order valence-corrected chi connectivity index (χ1v) is 3.43. The van der Waals surface area contributed by atoms with Crippen LogP contribution in [0.3, 0.4) is 0 Å². The van der Waals surface area contributed by atoms with Crippen LogP contribution in [0.25, 0.3) is 0 Å². The maximum atomic E-state index is 12.6. The third kappa shape index (κ3) is 1.39. The predicted molar refractivity (Wildman–Crippen MR) is 35.9 cm³/mol.